The predicted octanol–water partition coefficient (Wildman–Crippen LogP) is 2.68. The first-order valence-corrected chi connectivity index (χ1v) is 7.49. The molecule has 0 aliphatic heterocycles. The fourth-order valence-electron chi connectivity index (χ4n) is 1.97. The first-order chi connectivity index (χ1) is 9.76. The van der Waals surface area contributed by atoms with Gasteiger partial charge in [0.2, 0.25) is 0 Å². The largest absolute Gasteiger partial charge is 0.481 e. The summed E-state index contributed by atoms with van der Waals surface area (Å²) in [5.74, 6) is 0.567. The summed E-state index contributed by atoms with van der Waals surface area (Å²) < 4.78 is 5.62. The summed E-state index contributed by atoms with van der Waals surface area (Å²) in [5, 5.41) is 13.0. The standard InChI is InChI=1S/C17H27NO3/c1-6-13(3)17(5,20)11-18-16(19)14(4)21-15-9-7-8-12(2)10-15/h7-10,13-14,20H,6,11H2,1-5H3,(H,18,19). The van der Waals surface area contributed by atoms with E-state index in [0.29, 0.717) is 5.75 Å². The van der Waals surface area contributed by atoms with Gasteiger partial charge in [0, 0.05) is 6.54 Å². The van der Waals surface area contributed by atoms with Gasteiger partial charge in [-0.3, -0.25) is 4.79 Å². The number of hydrogen-bond donors (Lipinski definition) is 2. The lowest BCUT2D eigenvalue weighted by Crippen LogP contribution is -2.48. The van der Waals surface area contributed by atoms with E-state index in [0.717, 1.165) is 12.0 Å². The van der Waals surface area contributed by atoms with Gasteiger partial charge in [-0.2, -0.15) is 0 Å². The second-order valence-electron chi connectivity index (χ2n) is 5.96. The molecule has 0 aliphatic carbocycles. The zero-order valence-corrected chi connectivity index (χ0v) is 13.6. The van der Waals surface area contributed by atoms with E-state index in [1.54, 1.807) is 13.8 Å². The molecule has 0 aromatic heterocycles. The summed E-state index contributed by atoms with van der Waals surface area (Å²) in [4.78, 5) is 12.0. The average Bonchev–Trinajstić information content (AvgIpc) is 2.43. The Balaban J connectivity index is 2.52. The highest BCUT2D eigenvalue weighted by Gasteiger charge is 2.28. The van der Waals surface area contributed by atoms with Gasteiger partial charge in [0.15, 0.2) is 6.10 Å². The second kappa shape index (κ2) is 7.46. The minimum absolute atomic E-state index is 0.116. The Morgan fingerprint density at radius 1 is 1.43 bits per heavy atom. The van der Waals surface area contributed by atoms with Crippen molar-refractivity contribution < 1.29 is 14.6 Å². The van der Waals surface area contributed by atoms with Gasteiger partial charge in [0.05, 0.1) is 5.60 Å². The Morgan fingerprint density at radius 3 is 2.67 bits per heavy atom. The molecular weight excluding hydrogens is 266 g/mol. The van der Waals surface area contributed by atoms with Crippen LogP contribution in [0.1, 0.15) is 39.7 Å². The molecule has 0 saturated heterocycles. The van der Waals surface area contributed by atoms with Crippen LogP contribution in [0, 0.1) is 12.8 Å². The highest BCUT2D eigenvalue weighted by atomic mass is 16.5. The molecule has 1 aromatic rings. The molecule has 0 spiro atoms. The monoisotopic (exact) mass is 293 g/mol. The van der Waals surface area contributed by atoms with Crippen molar-refractivity contribution in [2.45, 2.75) is 52.7 Å². The maximum atomic E-state index is 12.0. The van der Waals surface area contributed by atoms with Crippen LogP contribution in [-0.4, -0.2) is 29.3 Å². The maximum Gasteiger partial charge on any atom is 0.260 e. The summed E-state index contributed by atoms with van der Waals surface area (Å²) in [6, 6.07) is 7.58. The van der Waals surface area contributed by atoms with Crippen molar-refractivity contribution in [2.75, 3.05) is 6.54 Å². The molecule has 4 heteroatoms. The zero-order chi connectivity index (χ0) is 16.0. The van der Waals surface area contributed by atoms with Crippen LogP contribution >= 0.6 is 0 Å². The maximum absolute atomic E-state index is 12.0. The minimum Gasteiger partial charge on any atom is -0.481 e. The molecule has 3 unspecified atom stereocenters. The van der Waals surface area contributed by atoms with Crippen LogP contribution in [0.3, 0.4) is 0 Å². The third-order valence-corrected chi connectivity index (χ3v) is 3.97. The molecule has 3 atom stereocenters. The van der Waals surface area contributed by atoms with Gasteiger partial charge in [0.1, 0.15) is 5.75 Å². The SMILES string of the molecule is CCC(C)C(C)(O)CNC(=O)C(C)Oc1cccc(C)c1. The van der Waals surface area contributed by atoms with Crippen molar-refractivity contribution in [2.24, 2.45) is 5.92 Å². The van der Waals surface area contributed by atoms with Crippen molar-refractivity contribution in [1.82, 2.24) is 5.32 Å². The predicted molar refractivity (Wildman–Crippen MR) is 84.4 cm³/mol. The molecule has 4 nitrogen and oxygen atoms in total. The molecule has 0 saturated carbocycles. The first-order valence-electron chi connectivity index (χ1n) is 7.49. The Kier molecular flexibility index (Phi) is 6.21. The molecule has 0 radical (unpaired) electrons. The van der Waals surface area contributed by atoms with E-state index in [1.165, 1.54) is 0 Å². The van der Waals surface area contributed by atoms with E-state index >= 15 is 0 Å². The Labute approximate surface area is 127 Å². The molecule has 1 amide bonds. The van der Waals surface area contributed by atoms with Gasteiger partial charge in [-0.15, -0.1) is 0 Å². The lowest BCUT2D eigenvalue weighted by molar-refractivity contribution is -0.128. The van der Waals surface area contributed by atoms with E-state index in [2.05, 4.69) is 5.32 Å². The number of ether oxygens (including phenoxy) is 1. The number of nitrogens with one attached hydrogen (secondary N) is 1. The van der Waals surface area contributed by atoms with Crippen LogP contribution in [0.2, 0.25) is 0 Å². The van der Waals surface area contributed by atoms with Gasteiger partial charge >= 0.3 is 0 Å². The van der Waals surface area contributed by atoms with E-state index < -0.39 is 11.7 Å². The minimum atomic E-state index is -0.909. The van der Waals surface area contributed by atoms with Gasteiger partial charge in [0.25, 0.3) is 5.91 Å². The Morgan fingerprint density at radius 2 is 2.10 bits per heavy atom. The third-order valence-electron chi connectivity index (χ3n) is 3.97. The fourth-order valence-corrected chi connectivity index (χ4v) is 1.97. The highest BCUT2D eigenvalue weighted by Crippen LogP contribution is 2.19. The van der Waals surface area contributed by atoms with Crippen LogP contribution in [0.5, 0.6) is 5.75 Å². The zero-order valence-electron chi connectivity index (χ0n) is 13.6. The molecule has 0 fully saturated rings. The van der Waals surface area contributed by atoms with Gasteiger partial charge in [-0.25, -0.2) is 0 Å². The highest BCUT2D eigenvalue weighted by molar-refractivity contribution is 5.80. The van der Waals surface area contributed by atoms with Gasteiger partial charge in [-0.05, 0) is 44.4 Å². The Hall–Kier alpha value is -1.55. The molecule has 21 heavy (non-hydrogen) atoms. The van der Waals surface area contributed by atoms with Crippen LogP contribution < -0.4 is 10.1 Å². The van der Waals surface area contributed by atoms with E-state index in [-0.39, 0.29) is 18.4 Å². The molecular formula is C17H27NO3. The molecule has 0 aliphatic rings. The van der Waals surface area contributed by atoms with Crippen LogP contribution in [0.4, 0.5) is 0 Å². The molecule has 1 rings (SSSR count). The van der Waals surface area contributed by atoms with Gasteiger partial charge in [-0.1, -0.05) is 32.4 Å². The summed E-state index contributed by atoms with van der Waals surface area (Å²) in [5.41, 5.74) is 0.174. The van der Waals surface area contributed by atoms with Crippen LogP contribution in [-0.2, 0) is 4.79 Å². The number of carbonyl (C=O) groups excluding carboxylic acids is 1. The first kappa shape index (κ1) is 17.5. The topological polar surface area (TPSA) is 58.6 Å². The van der Waals surface area contributed by atoms with Crippen molar-refractivity contribution in [1.29, 1.82) is 0 Å². The lowest BCUT2D eigenvalue weighted by atomic mass is 9.88. The number of hydrogen-bond acceptors (Lipinski definition) is 3. The summed E-state index contributed by atoms with van der Waals surface area (Å²) in [6.07, 6.45) is 0.262. The quantitative estimate of drug-likeness (QED) is 0.812. The smallest absolute Gasteiger partial charge is 0.260 e. The lowest BCUT2D eigenvalue weighted by Gasteiger charge is -2.30. The number of aliphatic hydroxyl groups is 1. The van der Waals surface area contributed by atoms with Crippen molar-refractivity contribution >= 4 is 5.91 Å². The number of amides is 1. The normalized spacial score (nSPS) is 16.7. The molecule has 2 N–H and O–H groups in total. The summed E-state index contributed by atoms with van der Waals surface area (Å²) in [6.45, 7) is 9.63. The van der Waals surface area contributed by atoms with Crippen molar-refractivity contribution in [3.8, 4) is 5.75 Å². The van der Waals surface area contributed by atoms with E-state index in [1.807, 2.05) is 45.0 Å². The second-order valence-corrected chi connectivity index (χ2v) is 5.96. The third kappa shape index (κ3) is 5.38. The van der Waals surface area contributed by atoms with Crippen molar-refractivity contribution in [3.05, 3.63) is 29.8 Å². The van der Waals surface area contributed by atoms with Crippen molar-refractivity contribution in [3.63, 3.8) is 0 Å². The Bertz CT molecular complexity index is 471. The summed E-state index contributed by atoms with van der Waals surface area (Å²) in [7, 11) is 0. The number of benzene rings is 1. The van der Waals surface area contributed by atoms with Crippen LogP contribution in [0.15, 0.2) is 24.3 Å². The molecule has 0 bridgehead atoms. The molecule has 1 aromatic carbocycles. The molecule has 118 valence electrons. The van der Waals surface area contributed by atoms with Crippen LogP contribution in [0.25, 0.3) is 0 Å². The summed E-state index contributed by atoms with van der Waals surface area (Å²) >= 11 is 0. The fraction of sp³-hybridized carbons (Fsp3) is 0.588. The molecule has 0 heterocycles. The number of aryl methyl sites for hydroxylation is 1. The number of carbonyl (C=O) groups is 1. The van der Waals surface area contributed by atoms with Gasteiger partial charge < -0.3 is 15.2 Å². The van der Waals surface area contributed by atoms with E-state index in [4.69, 9.17) is 4.74 Å². The average molecular weight is 293 g/mol. The number of rotatable bonds is 7. The van der Waals surface area contributed by atoms with E-state index in [9.17, 15) is 9.90 Å².